The molecule has 1 amide bonds. The van der Waals surface area contributed by atoms with Crippen LogP contribution >= 0.6 is 0 Å². The predicted octanol–water partition coefficient (Wildman–Crippen LogP) is 3.18. The Kier molecular flexibility index (Phi) is 4.45. The van der Waals surface area contributed by atoms with Gasteiger partial charge in [-0.15, -0.1) is 0 Å². The molecule has 2 heterocycles. The number of amides is 1. The van der Waals surface area contributed by atoms with Crippen molar-refractivity contribution in [2.45, 2.75) is 51.0 Å². The number of hydrogen-bond acceptors (Lipinski definition) is 6. The largest absolute Gasteiger partial charge is 0.509 e. The summed E-state index contributed by atoms with van der Waals surface area (Å²) in [5.74, 6) is 0.224. The maximum atomic E-state index is 13.3. The summed E-state index contributed by atoms with van der Waals surface area (Å²) in [5.41, 5.74) is 6.15. The molecular weight excluding hydrogens is 390 g/mol. The number of rotatable bonds is 4. The number of nitrogens with zero attached hydrogens (tertiary/aromatic N) is 1. The van der Waals surface area contributed by atoms with E-state index < -0.39 is 21.3 Å². The van der Waals surface area contributed by atoms with E-state index in [1.54, 1.807) is 17.0 Å². The average molecular weight is 418 g/mol. The minimum Gasteiger partial charge on any atom is -0.509 e. The van der Waals surface area contributed by atoms with Gasteiger partial charge < -0.3 is 21.1 Å². The van der Waals surface area contributed by atoms with Gasteiger partial charge in [-0.1, -0.05) is 33.6 Å². The highest BCUT2D eigenvalue weighted by molar-refractivity contribution is 7.94. The minimum absolute atomic E-state index is 0.0340. The van der Waals surface area contributed by atoms with Crippen molar-refractivity contribution in [3.05, 3.63) is 40.6 Å². The second-order valence-electron chi connectivity index (χ2n) is 9.22. The number of sulfone groups is 1. The van der Waals surface area contributed by atoms with E-state index >= 15 is 0 Å². The van der Waals surface area contributed by atoms with Crippen LogP contribution in [0, 0.1) is 11.3 Å². The first-order chi connectivity index (χ1) is 13.5. The standard InChI is InChI=1S/C21H27N3O4S/c1-21(2,3)19-18(25)17(20(26)24(19)9-8-12-4-5-12)15-11-29(27,28)16-10-13(22)6-7-14(16)23-15/h6-7,10-12,19,23,25H,4-5,8-9,22H2,1-3H3/t19-/m1/s1. The van der Waals surface area contributed by atoms with Crippen LogP contribution in [0.15, 0.2) is 45.5 Å². The van der Waals surface area contributed by atoms with Gasteiger partial charge in [0.25, 0.3) is 5.91 Å². The molecular formula is C21H27N3O4S. The lowest BCUT2D eigenvalue weighted by Gasteiger charge is -2.35. The number of carbonyl (C=O) groups excluding carboxylic acids is 1. The molecule has 0 radical (unpaired) electrons. The molecule has 7 nitrogen and oxygen atoms in total. The number of aliphatic hydroxyl groups excluding tert-OH is 1. The molecule has 4 N–H and O–H groups in total. The van der Waals surface area contributed by atoms with Crippen LogP contribution in [0.2, 0.25) is 0 Å². The molecule has 1 saturated carbocycles. The lowest BCUT2D eigenvalue weighted by Crippen LogP contribution is -2.44. The van der Waals surface area contributed by atoms with Crippen LogP contribution in [0.1, 0.15) is 40.0 Å². The summed E-state index contributed by atoms with van der Waals surface area (Å²) in [6.45, 7) is 6.44. The summed E-state index contributed by atoms with van der Waals surface area (Å²) in [6, 6.07) is 4.05. The number of benzene rings is 1. The Morgan fingerprint density at radius 3 is 2.59 bits per heavy atom. The van der Waals surface area contributed by atoms with Crippen LogP contribution in [0.3, 0.4) is 0 Å². The zero-order valence-corrected chi connectivity index (χ0v) is 17.7. The highest BCUT2D eigenvalue weighted by Crippen LogP contribution is 2.42. The number of aliphatic hydroxyl groups is 1. The number of nitrogens with one attached hydrogen (secondary N) is 1. The van der Waals surface area contributed by atoms with Gasteiger partial charge in [-0.25, -0.2) is 8.42 Å². The molecule has 1 aliphatic carbocycles. The van der Waals surface area contributed by atoms with Crippen molar-refractivity contribution in [2.24, 2.45) is 11.3 Å². The lowest BCUT2D eigenvalue weighted by molar-refractivity contribution is -0.128. The molecule has 1 fully saturated rings. The fraction of sp³-hybridized carbons (Fsp3) is 0.476. The number of nitrogens with two attached hydrogens (primary N) is 1. The molecule has 1 atom stereocenters. The summed E-state index contributed by atoms with van der Waals surface area (Å²) in [6.07, 6.45) is 3.25. The maximum Gasteiger partial charge on any atom is 0.260 e. The Hall–Kier alpha value is -2.48. The van der Waals surface area contributed by atoms with Gasteiger partial charge in [0.1, 0.15) is 11.3 Å². The number of nitrogen functional groups attached to an aromatic ring is 1. The van der Waals surface area contributed by atoms with Crippen molar-refractivity contribution in [1.29, 1.82) is 0 Å². The average Bonchev–Trinajstić information content (AvgIpc) is 3.38. The summed E-state index contributed by atoms with van der Waals surface area (Å²) in [5, 5.41) is 15.1. The Morgan fingerprint density at radius 1 is 1.28 bits per heavy atom. The molecule has 0 saturated heterocycles. The predicted molar refractivity (Wildman–Crippen MR) is 112 cm³/mol. The van der Waals surface area contributed by atoms with Gasteiger partial charge in [-0.3, -0.25) is 4.79 Å². The van der Waals surface area contributed by atoms with Crippen molar-refractivity contribution in [1.82, 2.24) is 4.90 Å². The molecule has 156 valence electrons. The number of carbonyl (C=O) groups is 1. The van der Waals surface area contributed by atoms with Gasteiger partial charge in [-0.2, -0.15) is 0 Å². The third-order valence-corrected chi connectivity index (χ3v) is 7.22. The lowest BCUT2D eigenvalue weighted by atomic mass is 9.85. The minimum atomic E-state index is -3.80. The van der Waals surface area contributed by atoms with Crippen LogP contribution in [-0.2, 0) is 14.6 Å². The number of hydrogen-bond donors (Lipinski definition) is 3. The topological polar surface area (TPSA) is 113 Å². The van der Waals surface area contributed by atoms with E-state index in [0.29, 0.717) is 23.8 Å². The highest BCUT2D eigenvalue weighted by atomic mass is 32.2. The van der Waals surface area contributed by atoms with Crippen LogP contribution in [0.5, 0.6) is 0 Å². The third-order valence-electron chi connectivity index (χ3n) is 5.72. The molecule has 0 spiro atoms. The van der Waals surface area contributed by atoms with Crippen LogP contribution in [0.4, 0.5) is 11.4 Å². The second-order valence-corrected chi connectivity index (χ2v) is 11.0. The molecule has 8 heteroatoms. The van der Waals surface area contributed by atoms with Crippen molar-refractivity contribution in [2.75, 3.05) is 17.6 Å². The Morgan fingerprint density at radius 2 is 1.97 bits per heavy atom. The Balaban J connectivity index is 1.75. The van der Waals surface area contributed by atoms with E-state index in [1.165, 1.54) is 18.9 Å². The Labute approximate surface area is 171 Å². The fourth-order valence-corrected chi connectivity index (χ4v) is 5.48. The molecule has 1 aromatic rings. The van der Waals surface area contributed by atoms with E-state index in [1.807, 2.05) is 20.8 Å². The van der Waals surface area contributed by atoms with Crippen molar-refractivity contribution in [3.63, 3.8) is 0 Å². The summed E-state index contributed by atoms with van der Waals surface area (Å²) >= 11 is 0. The van der Waals surface area contributed by atoms with Crippen molar-refractivity contribution in [3.8, 4) is 0 Å². The fourth-order valence-electron chi connectivity index (χ4n) is 4.14. The molecule has 2 aliphatic heterocycles. The summed E-state index contributed by atoms with van der Waals surface area (Å²) < 4.78 is 25.6. The monoisotopic (exact) mass is 417 g/mol. The van der Waals surface area contributed by atoms with E-state index in [9.17, 15) is 18.3 Å². The maximum absolute atomic E-state index is 13.3. The third kappa shape index (κ3) is 3.50. The van der Waals surface area contributed by atoms with Gasteiger partial charge >= 0.3 is 0 Å². The SMILES string of the molecule is CC(C)(C)[C@H]1C(O)=C(C2=CS(=O)(=O)c3cc(N)ccc3N2)C(=O)N1CCC1CC1. The smallest absolute Gasteiger partial charge is 0.260 e. The van der Waals surface area contributed by atoms with E-state index in [0.717, 1.165) is 11.8 Å². The molecule has 3 aliphatic rings. The van der Waals surface area contributed by atoms with Gasteiger partial charge in [0.05, 0.1) is 27.7 Å². The second kappa shape index (κ2) is 6.52. The molecule has 0 unspecified atom stereocenters. The van der Waals surface area contributed by atoms with E-state index in [-0.39, 0.29) is 27.8 Å². The Bertz CT molecular complexity index is 1050. The van der Waals surface area contributed by atoms with Gasteiger partial charge in [-0.05, 0) is 36.0 Å². The number of fused-ring (bicyclic) bond motifs is 1. The van der Waals surface area contributed by atoms with Crippen LogP contribution < -0.4 is 11.1 Å². The van der Waals surface area contributed by atoms with Crippen LogP contribution in [0.25, 0.3) is 0 Å². The first kappa shape index (κ1) is 19.8. The first-order valence-corrected chi connectivity index (χ1v) is 11.4. The van der Waals surface area contributed by atoms with Gasteiger partial charge in [0, 0.05) is 12.2 Å². The van der Waals surface area contributed by atoms with Gasteiger partial charge in [0.15, 0.2) is 0 Å². The zero-order chi connectivity index (χ0) is 21.1. The van der Waals surface area contributed by atoms with E-state index in [4.69, 9.17) is 5.73 Å². The molecule has 0 bridgehead atoms. The van der Waals surface area contributed by atoms with Gasteiger partial charge in [0.2, 0.25) is 9.84 Å². The molecule has 1 aromatic carbocycles. The molecule has 0 aromatic heterocycles. The highest BCUT2D eigenvalue weighted by Gasteiger charge is 2.47. The quantitative estimate of drug-likeness (QED) is 0.649. The zero-order valence-electron chi connectivity index (χ0n) is 16.9. The van der Waals surface area contributed by atoms with Crippen molar-refractivity contribution < 1.29 is 18.3 Å². The molecule has 29 heavy (non-hydrogen) atoms. The summed E-state index contributed by atoms with van der Waals surface area (Å²) in [7, 11) is -3.80. The van der Waals surface area contributed by atoms with Crippen molar-refractivity contribution >= 4 is 27.1 Å². The van der Waals surface area contributed by atoms with Crippen LogP contribution in [-0.4, -0.2) is 36.9 Å². The number of anilines is 2. The van der Waals surface area contributed by atoms with E-state index in [2.05, 4.69) is 5.32 Å². The first-order valence-electron chi connectivity index (χ1n) is 9.87. The normalized spacial score (nSPS) is 23.7. The summed E-state index contributed by atoms with van der Waals surface area (Å²) in [4.78, 5) is 15.0. The molecule has 4 rings (SSSR count).